The Hall–Kier alpha value is -3.16. The average Bonchev–Trinajstić information content (AvgIpc) is 3.10. The summed E-state index contributed by atoms with van der Waals surface area (Å²) in [6, 6.07) is 7.97. The van der Waals surface area contributed by atoms with Crippen molar-refractivity contribution in [1.29, 1.82) is 0 Å². The molecule has 146 valence electrons. The number of para-hydroxylation sites is 1. The molecule has 0 unspecified atom stereocenters. The van der Waals surface area contributed by atoms with Crippen LogP contribution in [0.5, 0.6) is 0 Å². The van der Waals surface area contributed by atoms with E-state index in [4.69, 9.17) is 0 Å². The summed E-state index contributed by atoms with van der Waals surface area (Å²) in [5.74, 6) is 0.210. The first-order chi connectivity index (χ1) is 13.3. The van der Waals surface area contributed by atoms with Gasteiger partial charge >= 0.3 is 0 Å². The van der Waals surface area contributed by atoms with Crippen molar-refractivity contribution in [2.75, 3.05) is 23.3 Å². The Labute approximate surface area is 162 Å². The van der Waals surface area contributed by atoms with Crippen molar-refractivity contribution in [1.82, 2.24) is 19.7 Å². The predicted octanol–water partition coefficient (Wildman–Crippen LogP) is 2.27. The van der Waals surface area contributed by atoms with E-state index in [2.05, 4.69) is 26.4 Å². The lowest BCUT2D eigenvalue weighted by Gasteiger charge is -2.29. The molecule has 4 rings (SSSR count). The Kier molecular flexibility index (Phi) is 4.41. The maximum absolute atomic E-state index is 12.8. The smallest absolute Gasteiger partial charge is 0.263 e. The molecule has 0 aliphatic carbocycles. The number of rotatable bonds is 3. The molecule has 8 nitrogen and oxygen atoms in total. The number of amides is 1. The molecule has 1 amide bonds. The van der Waals surface area contributed by atoms with E-state index < -0.39 is 0 Å². The highest BCUT2D eigenvalue weighted by Gasteiger charge is 2.23. The number of hydrogen-bond acceptors (Lipinski definition) is 5. The minimum Gasteiger partial charge on any atom is -0.347 e. The van der Waals surface area contributed by atoms with Crippen molar-refractivity contribution in [3.05, 3.63) is 46.4 Å². The van der Waals surface area contributed by atoms with E-state index in [1.165, 1.54) is 11.8 Å². The van der Waals surface area contributed by atoms with Gasteiger partial charge < -0.3 is 10.2 Å². The van der Waals surface area contributed by atoms with Gasteiger partial charge in [-0.15, -0.1) is 0 Å². The highest BCUT2D eigenvalue weighted by Crippen LogP contribution is 2.26. The first-order valence-electron chi connectivity index (χ1n) is 9.45. The second-order valence-corrected chi connectivity index (χ2v) is 8.01. The van der Waals surface area contributed by atoms with Crippen molar-refractivity contribution >= 4 is 28.6 Å². The monoisotopic (exact) mass is 380 g/mol. The number of aromatic amines is 1. The van der Waals surface area contributed by atoms with Gasteiger partial charge in [0.2, 0.25) is 11.9 Å². The fourth-order valence-electron chi connectivity index (χ4n) is 3.54. The first kappa shape index (κ1) is 18.2. The van der Waals surface area contributed by atoms with Gasteiger partial charge in [0.1, 0.15) is 5.39 Å². The summed E-state index contributed by atoms with van der Waals surface area (Å²) in [4.78, 5) is 34.1. The van der Waals surface area contributed by atoms with Gasteiger partial charge in [0, 0.05) is 12.2 Å². The summed E-state index contributed by atoms with van der Waals surface area (Å²) in [5.41, 5.74) is 2.05. The Morgan fingerprint density at radius 2 is 2.07 bits per heavy atom. The maximum Gasteiger partial charge on any atom is 0.263 e. The van der Waals surface area contributed by atoms with Gasteiger partial charge in [-0.2, -0.15) is 10.1 Å². The lowest BCUT2D eigenvalue weighted by atomic mass is 10.0. The first-order valence-corrected chi connectivity index (χ1v) is 9.45. The molecule has 0 saturated carbocycles. The Bertz CT molecular complexity index is 1090. The number of aryl methyl sites for hydroxylation is 1. The molecule has 0 spiro atoms. The van der Waals surface area contributed by atoms with E-state index in [0.717, 1.165) is 18.5 Å². The van der Waals surface area contributed by atoms with Gasteiger partial charge in [0.15, 0.2) is 5.65 Å². The number of nitrogens with one attached hydrogen (secondary N) is 2. The Balaban J connectivity index is 1.56. The summed E-state index contributed by atoms with van der Waals surface area (Å²) < 4.78 is 1.71. The van der Waals surface area contributed by atoms with Crippen molar-refractivity contribution in [2.24, 2.45) is 0 Å². The molecule has 0 saturated heterocycles. The van der Waals surface area contributed by atoms with E-state index in [-0.39, 0.29) is 29.5 Å². The Morgan fingerprint density at radius 3 is 2.86 bits per heavy atom. The van der Waals surface area contributed by atoms with Crippen LogP contribution in [0.4, 0.5) is 11.6 Å². The van der Waals surface area contributed by atoms with Crippen molar-refractivity contribution in [3.8, 4) is 0 Å². The van der Waals surface area contributed by atoms with Crippen LogP contribution < -0.4 is 15.8 Å². The van der Waals surface area contributed by atoms with Crippen molar-refractivity contribution in [3.63, 3.8) is 0 Å². The summed E-state index contributed by atoms with van der Waals surface area (Å²) in [6.45, 7) is 6.72. The van der Waals surface area contributed by atoms with Crippen LogP contribution in [0.1, 0.15) is 32.8 Å². The highest BCUT2D eigenvalue weighted by molar-refractivity contribution is 5.97. The molecule has 3 aromatic rings. The number of carbonyl (C=O) groups is 1. The molecule has 1 aromatic carbocycles. The van der Waals surface area contributed by atoms with Crippen LogP contribution in [0.3, 0.4) is 0 Å². The maximum atomic E-state index is 12.8. The number of anilines is 2. The number of aromatic nitrogens is 4. The fourth-order valence-corrected chi connectivity index (χ4v) is 3.54. The van der Waals surface area contributed by atoms with E-state index >= 15 is 0 Å². The third-order valence-electron chi connectivity index (χ3n) is 4.89. The molecular formula is C20H24N6O2. The largest absolute Gasteiger partial charge is 0.347 e. The van der Waals surface area contributed by atoms with E-state index in [9.17, 15) is 9.59 Å². The van der Waals surface area contributed by atoms with Gasteiger partial charge in [-0.05, 0) is 45.2 Å². The van der Waals surface area contributed by atoms with E-state index in [1.54, 1.807) is 9.58 Å². The molecule has 2 N–H and O–H groups in total. The highest BCUT2D eigenvalue weighted by atomic mass is 16.2. The van der Waals surface area contributed by atoms with Gasteiger partial charge in [-0.25, -0.2) is 4.68 Å². The van der Waals surface area contributed by atoms with Crippen LogP contribution in [0, 0.1) is 0 Å². The number of carbonyl (C=O) groups excluding carboxylic acids is 1. The molecule has 0 fully saturated rings. The number of benzene rings is 1. The molecule has 3 heterocycles. The Morgan fingerprint density at radius 1 is 1.29 bits per heavy atom. The van der Waals surface area contributed by atoms with E-state index in [1.807, 2.05) is 39.0 Å². The third-order valence-corrected chi connectivity index (χ3v) is 4.89. The zero-order chi connectivity index (χ0) is 19.9. The lowest BCUT2D eigenvalue weighted by molar-refractivity contribution is -0.117. The van der Waals surface area contributed by atoms with Gasteiger partial charge in [-0.3, -0.25) is 14.6 Å². The summed E-state index contributed by atoms with van der Waals surface area (Å²) >= 11 is 0. The molecule has 1 aliphatic rings. The van der Waals surface area contributed by atoms with Crippen LogP contribution in [-0.2, 0) is 16.8 Å². The molecule has 1 aliphatic heterocycles. The van der Waals surface area contributed by atoms with Crippen LogP contribution in [0.25, 0.3) is 11.0 Å². The quantitative estimate of drug-likeness (QED) is 0.727. The van der Waals surface area contributed by atoms with E-state index in [0.29, 0.717) is 17.6 Å². The molecule has 8 heteroatoms. The summed E-state index contributed by atoms with van der Waals surface area (Å²) in [6.07, 6.45) is 3.44. The molecular weight excluding hydrogens is 356 g/mol. The molecule has 2 aromatic heterocycles. The fraction of sp³-hybridized carbons (Fsp3) is 0.400. The molecule has 0 atom stereocenters. The van der Waals surface area contributed by atoms with Crippen LogP contribution in [0.15, 0.2) is 35.3 Å². The summed E-state index contributed by atoms with van der Waals surface area (Å²) in [7, 11) is 0. The number of fused-ring (bicyclic) bond motifs is 2. The SMILES string of the molecule is CC(C)(C)n1ncc2c(=O)[nH]c(NCC(=O)N3CCCc4ccccc43)nc21. The van der Waals surface area contributed by atoms with Gasteiger partial charge in [0.05, 0.1) is 18.3 Å². The molecule has 28 heavy (non-hydrogen) atoms. The second kappa shape index (κ2) is 6.78. The number of nitrogens with zero attached hydrogens (tertiary/aromatic N) is 4. The minimum atomic E-state index is -0.312. The molecule has 0 radical (unpaired) electrons. The van der Waals surface area contributed by atoms with Crippen molar-refractivity contribution in [2.45, 2.75) is 39.2 Å². The van der Waals surface area contributed by atoms with Gasteiger partial charge in [-0.1, -0.05) is 18.2 Å². The average molecular weight is 380 g/mol. The minimum absolute atomic E-state index is 0.0481. The van der Waals surface area contributed by atoms with Gasteiger partial charge in [0.25, 0.3) is 5.56 Å². The topological polar surface area (TPSA) is 95.9 Å². The number of H-pyrrole nitrogens is 1. The third kappa shape index (κ3) is 3.26. The standard InChI is InChI=1S/C20H24N6O2/c1-20(2,3)26-17-14(11-22-26)18(28)24-19(23-17)21-12-16(27)25-10-6-8-13-7-4-5-9-15(13)25/h4-5,7,9,11H,6,8,10,12H2,1-3H3,(H2,21,23,24,28). The lowest BCUT2D eigenvalue weighted by Crippen LogP contribution is -2.39. The van der Waals surface area contributed by atoms with Crippen LogP contribution in [0.2, 0.25) is 0 Å². The predicted molar refractivity (Wildman–Crippen MR) is 109 cm³/mol. The van der Waals surface area contributed by atoms with Crippen molar-refractivity contribution < 1.29 is 4.79 Å². The summed E-state index contributed by atoms with van der Waals surface area (Å²) in [5, 5.41) is 7.70. The normalized spacial score (nSPS) is 14.2. The molecule has 0 bridgehead atoms. The number of hydrogen-bond donors (Lipinski definition) is 2. The second-order valence-electron chi connectivity index (χ2n) is 8.01. The van der Waals surface area contributed by atoms with Crippen LogP contribution in [-0.4, -0.2) is 38.7 Å². The zero-order valence-corrected chi connectivity index (χ0v) is 16.3. The zero-order valence-electron chi connectivity index (χ0n) is 16.3. The van der Waals surface area contributed by atoms with Crippen LogP contribution >= 0.6 is 0 Å².